The van der Waals surface area contributed by atoms with Gasteiger partial charge < -0.3 is 26.8 Å². The molecule has 8 heteroatoms. The number of aromatic nitrogens is 2. The third kappa shape index (κ3) is 5.08. The van der Waals surface area contributed by atoms with Crippen LogP contribution in [0.3, 0.4) is 0 Å². The number of rotatable bonds is 6. The summed E-state index contributed by atoms with van der Waals surface area (Å²) in [6.07, 6.45) is 11.1. The van der Waals surface area contributed by atoms with Crippen molar-refractivity contribution in [3.63, 3.8) is 0 Å². The number of hydrogen-bond donors (Lipinski definition) is 4. The largest absolute Gasteiger partial charge is 0.404 e. The predicted octanol–water partition coefficient (Wildman–Crippen LogP) is 8.13. The molecule has 0 saturated heterocycles. The summed E-state index contributed by atoms with van der Waals surface area (Å²) in [5.41, 5.74) is 16.6. The fraction of sp³-hybridized carbons (Fsp3) is 0.0698. The van der Waals surface area contributed by atoms with Gasteiger partial charge in [0.05, 0.1) is 22.1 Å². The summed E-state index contributed by atoms with van der Waals surface area (Å²) in [7, 11) is 0. The Balaban J connectivity index is 1.10. The van der Waals surface area contributed by atoms with E-state index in [-0.39, 0.29) is 6.17 Å². The average molecular weight is 665 g/mol. The van der Waals surface area contributed by atoms with Crippen molar-refractivity contribution < 1.29 is 0 Å². The lowest BCUT2D eigenvalue weighted by molar-refractivity contribution is 0.672. The molecule has 0 radical (unpaired) electrons. The first-order valence-electron chi connectivity index (χ1n) is 17.1. The van der Waals surface area contributed by atoms with Gasteiger partial charge in [-0.25, -0.2) is 9.98 Å². The van der Waals surface area contributed by atoms with Crippen LogP contribution in [0, 0.1) is 0 Å². The van der Waals surface area contributed by atoms with Gasteiger partial charge in [-0.15, -0.1) is 0 Å². The molecule has 7 aromatic rings. The van der Waals surface area contributed by atoms with E-state index in [1.165, 1.54) is 10.8 Å². The highest BCUT2D eigenvalue weighted by Crippen LogP contribution is 2.37. The first-order valence-corrected chi connectivity index (χ1v) is 17.1. The summed E-state index contributed by atoms with van der Waals surface area (Å²) in [6.45, 7) is 2.62. The van der Waals surface area contributed by atoms with Crippen molar-refractivity contribution in [3.05, 3.63) is 163 Å². The molecule has 1 atom stereocenters. The van der Waals surface area contributed by atoms with Crippen molar-refractivity contribution in [2.24, 2.45) is 15.7 Å². The summed E-state index contributed by atoms with van der Waals surface area (Å²) >= 11 is 0. The number of hydrogen-bond acceptors (Lipinski definition) is 6. The Kier molecular flexibility index (Phi) is 7.28. The lowest BCUT2D eigenvalue weighted by Crippen LogP contribution is -2.35. The molecule has 1 unspecified atom stereocenters. The molecule has 2 aliphatic rings. The Morgan fingerprint density at radius 2 is 1.43 bits per heavy atom. The molecular formula is C43H36N8. The first kappa shape index (κ1) is 30.3. The van der Waals surface area contributed by atoms with Crippen molar-refractivity contribution in [3.8, 4) is 16.8 Å². The number of nitrogens with one attached hydrogen (secondary N) is 2. The summed E-state index contributed by atoms with van der Waals surface area (Å²) in [4.78, 5) is 9.90. The van der Waals surface area contributed by atoms with E-state index in [1.807, 2.05) is 43.5 Å². The van der Waals surface area contributed by atoms with Crippen molar-refractivity contribution >= 4 is 55.3 Å². The highest BCUT2D eigenvalue weighted by Gasteiger charge is 2.23. The van der Waals surface area contributed by atoms with Gasteiger partial charge in [0.15, 0.2) is 5.84 Å². The zero-order chi connectivity index (χ0) is 34.5. The highest BCUT2D eigenvalue weighted by atomic mass is 15.3. The summed E-state index contributed by atoms with van der Waals surface area (Å²) in [5.74, 6) is 7.84. The van der Waals surface area contributed by atoms with E-state index in [2.05, 4.69) is 118 Å². The number of amidine groups is 2. The maximum atomic E-state index is 6.46. The fourth-order valence-electron chi connectivity index (χ4n) is 7.34. The molecule has 0 fully saturated rings. The van der Waals surface area contributed by atoms with Gasteiger partial charge in [-0.1, -0.05) is 78.9 Å². The SMILES string of the molecule is C/C=C\C(=C/N)C1=NC(C2=CC=CNC2)=NC(c2ccc(-n3c4ccccc4c4cc(-c5ccc6c(c5)c5ccccc5n6N)ccc43)cc2)N1. The molecule has 0 spiro atoms. The van der Waals surface area contributed by atoms with E-state index in [0.717, 1.165) is 66.4 Å². The van der Waals surface area contributed by atoms with Gasteiger partial charge in [0.25, 0.3) is 0 Å². The zero-order valence-corrected chi connectivity index (χ0v) is 28.1. The van der Waals surface area contributed by atoms with Gasteiger partial charge in [-0.05, 0) is 84.4 Å². The van der Waals surface area contributed by atoms with Gasteiger partial charge in [-0.3, -0.25) is 4.68 Å². The number of allylic oxidation sites excluding steroid dienone is 3. The van der Waals surface area contributed by atoms with E-state index < -0.39 is 0 Å². The molecule has 0 amide bonds. The maximum Gasteiger partial charge on any atom is 0.157 e. The van der Waals surface area contributed by atoms with Crippen molar-refractivity contribution in [1.29, 1.82) is 0 Å². The van der Waals surface area contributed by atoms with Crippen LogP contribution in [0.1, 0.15) is 18.7 Å². The third-order valence-corrected chi connectivity index (χ3v) is 9.82. The Morgan fingerprint density at radius 3 is 2.14 bits per heavy atom. The molecule has 9 rings (SSSR count). The average Bonchev–Trinajstić information content (AvgIpc) is 3.68. The van der Waals surface area contributed by atoms with Crippen LogP contribution >= 0.6 is 0 Å². The molecule has 0 bridgehead atoms. The number of benzene rings is 5. The Bertz CT molecular complexity index is 2700. The van der Waals surface area contributed by atoms with E-state index >= 15 is 0 Å². The number of nitrogens with zero attached hydrogens (tertiary/aromatic N) is 4. The number of para-hydroxylation sites is 2. The fourth-order valence-corrected chi connectivity index (χ4v) is 7.34. The first-order chi connectivity index (χ1) is 25.1. The van der Waals surface area contributed by atoms with E-state index in [4.69, 9.17) is 21.6 Å². The topological polar surface area (TPSA) is 111 Å². The molecule has 0 saturated carbocycles. The predicted molar refractivity (Wildman–Crippen MR) is 212 cm³/mol. The second-order valence-corrected chi connectivity index (χ2v) is 12.8. The molecule has 248 valence electrons. The molecule has 2 aliphatic heterocycles. The van der Waals surface area contributed by atoms with Crippen LogP contribution < -0.4 is 22.2 Å². The van der Waals surface area contributed by atoms with Gasteiger partial charge >= 0.3 is 0 Å². The van der Waals surface area contributed by atoms with Crippen LogP contribution in [-0.2, 0) is 0 Å². The molecule has 0 aliphatic carbocycles. The molecule has 51 heavy (non-hydrogen) atoms. The number of aliphatic imine (C=N–C) groups is 2. The van der Waals surface area contributed by atoms with E-state index in [1.54, 1.807) is 10.9 Å². The van der Waals surface area contributed by atoms with E-state index in [9.17, 15) is 0 Å². The highest BCUT2D eigenvalue weighted by molar-refractivity contribution is 6.14. The molecular weight excluding hydrogens is 629 g/mol. The van der Waals surface area contributed by atoms with Crippen LogP contribution in [0.5, 0.6) is 0 Å². The number of nitrogens with two attached hydrogens (primary N) is 2. The summed E-state index contributed by atoms with van der Waals surface area (Å²) < 4.78 is 4.12. The minimum atomic E-state index is -0.333. The summed E-state index contributed by atoms with van der Waals surface area (Å²) in [6, 6.07) is 38.8. The molecule has 5 aromatic carbocycles. The van der Waals surface area contributed by atoms with Crippen LogP contribution in [0.2, 0.25) is 0 Å². The third-order valence-electron chi connectivity index (χ3n) is 9.82. The molecule has 2 aromatic heterocycles. The van der Waals surface area contributed by atoms with Crippen LogP contribution in [0.15, 0.2) is 167 Å². The Hall–Kier alpha value is -6.80. The number of fused-ring (bicyclic) bond motifs is 6. The second kappa shape index (κ2) is 12.3. The van der Waals surface area contributed by atoms with Crippen LogP contribution in [-0.4, -0.2) is 27.5 Å². The minimum Gasteiger partial charge on any atom is -0.404 e. The number of nitrogen functional groups attached to an aromatic ring is 1. The van der Waals surface area contributed by atoms with Crippen LogP contribution in [0.25, 0.3) is 60.4 Å². The van der Waals surface area contributed by atoms with Gasteiger partial charge in [0.2, 0.25) is 0 Å². The normalized spacial score (nSPS) is 16.5. The lowest BCUT2D eigenvalue weighted by Gasteiger charge is -2.25. The van der Waals surface area contributed by atoms with Crippen molar-refractivity contribution in [2.45, 2.75) is 13.1 Å². The van der Waals surface area contributed by atoms with E-state index in [0.29, 0.717) is 18.2 Å². The van der Waals surface area contributed by atoms with Crippen molar-refractivity contribution in [1.82, 2.24) is 19.9 Å². The number of dihydropyridines is 1. The Morgan fingerprint density at radius 1 is 0.784 bits per heavy atom. The molecule has 8 nitrogen and oxygen atoms in total. The van der Waals surface area contributed by atoms with Gasteiger partial charge in [-0.2, -0.15) is 0 Å². The van der Waals surface area contributed by atoms with Gasteiger partial charge in [0, 0.05) is 51.1 Å². The van der Waals surface area contributed by atoms with Gasteiger partial charge in [0.1, 0.15) is 12.0 Å². The molecule has 6 N–H and O–H groups in total. The Labute approximate surface area is 295 Å². The standard InChI is InChI=1S/C43H36N8/c1-2-8-30(25-44)42-47-41(48-43(49-42)31-9-7-22-46-26-31)27-14-18-32(19-15-27)50-37-12-5-3-10-33(37)35-23-28(16-20-38(35)50)29-17-21-40-36(24-29)34-11-4-6-13-39(34)51(40)45/h2-25,41,46H,26,44-45H2,1H3,(H,47,48,49)/b8-2-,30-25+. The minimum absolute atomic E-state index is 0.333. The molecule has 4 heterocycles. The second-order valence-electron chi connectivity index (χ2n) is 12.8. The smallest absolute Gasteiger partial charge is 0.157 e. The quantitative estimate of drug-likeness (QED) is 0.106. The van der Waals surface area contributed by atoms with Crippen LogP contribution in [0.4, 0.5) is 0 Å². The maximum absolute atomic E-state index is 6.46. The lowest BCUT2D eigenvalue weighted by atomic mass is 10.0. The summed E-state index contributed by atoms with van der Waals surface area (Å²) in [5, 5.41) is 11.5. The monoisotopic (exact) mass is 664 g/mol. The zero-order valence-electron chi connectivity index (χ0n) is 28.1. The van der Waals surface area contributed by atoms with Crippen molar-refractivity contribution in [2.75, 3.05) is 12.4 Å².